The van der Waals surface area contributed by atoms with Crippen molar-refractivity contribution >= 4 is 46.4 Å². The van der Waals surface area contributed by atoms with E-state index in [1.165, 1.54) is 0 Å². The number of phenolic OH excluding ortho intramolecular Hbond substituents is 2. The van der Waals surface area contributed by atoms with Crippen molar-refractivity contribution in [2.45, 2.75) is 12.8 Å². The zero-order chi connectivity index (χ0) is 14.9. The van der Waals surface area contributed by atoms with Gasteiger partial charge in [-0.25, -0.2) is 0 Å². The molecule has 0 saturated carbocycles. The number of phenols is 2. The number of hydrogen-bond donors (Lipinski definition) is 2. The highest BCUT2D eigenvalue weighted by Gasteiger charge is 2.09. The molecule has 2 rings (SSSR count). The highest BCUT2D eigenvalue weighted by molar-refractivity contribution is 6.37. The summed E-state index contributed by atoms with van der Waals surface area (Å²) in [4.78, 5) is 0. The van der Waals surface area contributed by atoms with Gasteiger partial charge in [-0.3, -0.25) is 0 Å². The molecule has 0 heterocycles. The quantitative estimate of drug-likeness (QED) is 0.766. The Morgan fingerprint density at radius 2 is 0.850 bits per heavy atom. The van der Waals surface area contributed by atoms with Gasteiger partial charge in [0.1, 0.15) is 0 Å². The van der Waals surface area contributed by atoms with Crippen LogP contribution in [0, 0.1) is 0 Å². The molecule has 0 radical (unpaired) electrons. The monoisotopic (exact) mass is 350 g/mol. The number of halogens is 4. The minimum Gasteiger partial charge on any atom is -0.505 e. The van der Waals surface area contributed by atoms with Gasteiger partial charge in [0, 0.05) is 0 Å². The smallest absolute Gasteiger partial charge is 0.152 e. The van der Waals surface area contributed by atoms with Crippen LogP contribution in [0.15, 0.2) is 24.3 Å². The van der Waals surface area contributed by atoms with Gasteiger partial charge >= 0.3 is 0 Å². The topological polar surface area (TPSA) is 40.5 Å². The van der Waals surface area contributed by atoms with Crippen LogP contribution in [0.4, 0.5) is 0 Å². The van der Waals surface area contributed by atoms with Gasteiger partial charge in [-0.1, -0.05) is 46.4 Å². The first-order chi connectivity index (χ1) is 9.38. The van der Waals surface area contributed by atoms with E-state index >= 15 is 0 Å². The summed E-state index contributed by atoms with van der Waals surface area (Å²) in [7, 11) is 0. The van der Waals surface area contributed by atoms with Gasteiger partial charge < -0.3 is 10.2 Å². The summed E-state index contributed by atoms with van der Waals surface area (Å²) in [5.41, 5.74) is 1.77. The number of hydrogen-bond acceptors (Lipinski definition) is 2. The fourth-order valence-corrected chi connectivity index (χ4v) is 2.88. The third kappa shape index (κ3) is 3.44. The Bertz CT molecular complexity index is 552. The fraction of sp³-hybridized carbons (Fsp3) is 0.143. The molecule has 106 valence electrons. The molecule has 0 unspecified atom stereocenters. The van der Waals surface area contributed by atoms with Crippen molar-refractivity contribution in [1.82, 2.24) is 0 Å². The van der Waals surface area contributed by atoms with Gasteiger partial charge in [-0.05, 0) is 48.2 Å². The molecule has 0 atom stereocenters. The number of aromatic hydroxyl groups is 2. The van der Waals surface area contributed by atoms with Crippen LogP contribution in [0.1, 0.15) is 11.1 Å². The molecular weight excluding hydrogens is 342 g/mol. The molecule has 2 aromatic rings. The number of aryl methyl sites for hydroxylation is 2. The van der Waals surface area contributed by atoms with E-state index in [9.17, 15) is 10.2 Å². The van der Waals surface area contributed by atoms with Gasteiger partial charge in [0.2, 0.25) is 0 Å². The molecule has 0 amide bonds. The molecule has 20 heavy (non-hydrogen) atoms. The van der Waals surface area contributed by atoms with Crippen molar-refractivity contribution in [2.75, 3.05) is 0 Å². The molecule has 0 saturated heterocycles. The molecular formula is C14H10Cl4O2. The Hall–Kier alpha value is -0.800. The molecule has 0 spiro atoms. The van der Waals surface area contributed by atoms with Crippen molar-refractivity contribution < 1.29 is 10.2 Å². The van der Waals surface area contributed by atoms with Crippen LogP contribution in [0.5, 0.6) is 11.5 Å². The van der Waals surface area contributed by atoms with Crippen LogP contribution in [0.2, 0.25) is 20.1 Å². The van der Waals surface area contributed by atoms with Crippen LogP contribution in [0.3, 0.4) is 0 Å². The van der Waals surface area contributed by atoms with Gasteiger partial charge in [-0.15, -0.1) is 0 Å². The molecule has 0 aromatic heterocycles. The van der Waals surface area contributed by atoms with Crippen LogP contribution in [-0.4, -0.2) is 10.2 Å². The number of rotatable bonds is 3. The van der Waals surface area contributed by atoms with E-state index in [0.29, 0.717) is 12.8 Å². The lowest BCUT2D eigenvalue weighted by Crippen LogP contribution is -1.92. The number of benzene rings is 2. The highest BCUT2D eigenvalue weighted by Crippen LogP contribution is 2.35. The first-order valence-electron chi connectivity index (χ1n) is 5.72. The van der Waals surface area contributed by atoms with E-state index in [2.05, 4.69) is 0 Å². The van der Waals surface area contributed by atoms with Crippen molar-refractivity contribution in [2.24, 2.45) is 0 Å². The second-order valence-corrected chi connectivity index (χ2v) is 5.94. The summed E-state index contributed by atoms with van der Waals surface area (Å²) in [6, 6.07) is 6.64. The van der Waals surface area contributed by atoms with Crippen molar-refractivity contribution in [1.29, 1.82) is 0 Å². The maximum Gasteiger partial charge on any atom is 0.152 e. The van der Waals surface area contributed by atoms with Crippen LogP contribution < -0.4 is 0 Å². The van der Waals surface area contributed by atoms with E-state index in [1.54, 1.807) is 24.3 Å². The summed E-state index contributed by atoms with van der Waals surface area (Å²) in [5.74, 6) is -0.236. The first kappa shape index (κ1) is 15.6. The highest BCUT2D eigenvalue weighted by atomic mass is 35.5. The van der Waals surface area contributed by atoms with Gasteiger partial charge in [0.05, 0.1) is 20.1 Å². The third-order valence-electron chi connectivity index (χ3n) is 2.86. The molecule has 6 heteroatoms. The average molecular weight is 352 g/mol. The molecule has 2 nitrogen and oxygen atoms in total. The minimum atomic E-state index is -0.118. The summed E-state index contributed by atoms with van der Waals surface area (Å²) in [6.45, 7) is 0. The Balaban J connectivity index is 2.17. The molecule has 0 aliphatic rings. The molecule has 0 fully saturated rings. The van der Waals surface area contributed by atoms with Crippen molar-refractivity contribution in [3.05, 3.63) is 55.5 Å². The average Bonchev–Trinajstić information content (AvgIpc) is 2.39. The molecule has 0 aliphatic carbocycles. The Labute approximate surface area is 136 Å². The van der Waals surface area contributed by atoms with Gasteiger partial charge in [-0.2, -0.15) is 0 Å². The summed E-state index contributed by atoms with van der Waals surface area (Å²) < 4.78 is 0. The van der Waals surface area contributed by atoms with Gasteiger partial charge in [0.25, 0.3) is 0 Å². The zero-order valence-corrected chi connectivity index (χ0v) is 13.2. The Kier molecular flexibility index (Phi) is 4.92. The standard InChI is InChI=1S/C14H10Cl4O2/c15-9-3-7(4-10(16)13(9)19)1-2-8-5-11(17)14(20)12(18)6-8/h3-6,19-20H,1-2H2. The van der Waals surface area contributed by atoms with Gasteiger partial charge in [0.15, 0.2) is 11.5 Å². The second kappa shape index (κ2) is 6.31. The second-order valence-electron chi connectivity index (χ2n) is 4.32. The lowest BCUT2D eigenvalue weighted by atomic mass is 10.0. The van der Waals surface area contributed by atoms with E-state index < -0.39 is 0 Å². The van der Waals surface area contributed by atoms with E-state index in [1.807, 2.05) is 0 Å². The molecule has 0 bridgehead atoms. The maximum atomic E-state index is 9.49. The fourth-order valence-electron chi connectivity index (χ4n) is 1.81. The predicted octanol–water partition coefficient (Wildman–Crippen LogP) is 5.50. The van der Waals surface area contributed by atoms with E-state index in [4.69, 9.17) is 46.4 Å². The summed E-state index contributed by atoms with van der Waals surface area (Å²) >= 11 is 23.4. The van der Waals surface area contributed by atoms with E-state index in [0.717, 1.165) is 11.1 Å². The van der Waals surface area contributed by atoms with Crippen LogP contribution in [-0.2, 0) is 12.8 Å². The zero-order valence-electron chi connectivity index (χ0n) is 10.1. The molecule has 2 aromatic carbocycles. The van der Waals surface area contributed by atoms with Crippen LogP contribution >= 0.6 is 46.4 Å². The predicted molar refractivity (Wildman–Crippen MR) is 83.7 cm³/mol. The van der Waals surface area contributed by atoms with Crippen molar-refractivity contribution in [3.8, 4) is 11.5 Å². The molecule has 2 N–H and O–H groups in total. The lowest BCUT2D eigenvalue weighted by molar-refractivity contribution is 0.475. The van der Waals surface area contributed by atoms with Crippen LogP contribution in [0.25, 0.3) is 0 Å². The normalized spacial score (nSPS) is 10.8. The minimum absolute atomic E-state index is 0.118. The van der Waals surface area contributed by atoms with E-state index in [-0.39, 0.29) is 31.6 Å². The van der Waals surface area contributed by atoms with Crippen molar-refractivity contribution in [3.63, 3.8) is 0 Å². The summed E-state index contributed by atoms with van der Waals surface area (Å²) in [5, 5.41) is 19.9. The molecule has 0 aliphatic heterocycles. The SMILES string of the molecule is Oc1c(Cl)cc(CCc2cc(Cl)c(O)c(Cl)c2)cc1Cl. The lowest BCUT2D eigenvalue weighted by Gasteiger charge is -2.08. The Morgan fingerprint density at radius 1 is 0.600 bits per heavy atom. The largest absolute Gasteiger partial charge is 0.505 e. The third-order valence-corrected chi connectivity index (χ3v) is 4.01. The maximum absolute atomic E-state index is 9.49. The Morgan fingerprint density at radius 3 is 1.10 bits per heavy atom. The first-order valence-corrected chi connectivity index (χ1v) is 7.23. The summed E-state index contributed by atoms with van der Waals surface area (Å²) in [6.07, 6.45) is 1.30.